The van der Waals surface area contributed by atoms with Gasteiger partial charge in [0.25, 0.3) is 6.47 Å². The highest BCUT2D eigenvalue weighted by Gasteiger charge is 2.35. The fraction of sp³-hybridized carbons (Fsp3) is 0.867. The lowest BCUT2D eigenvalue weighted by Crippen LogP contribution is -2.50. The molecule has 4 atom stereocenters. The van der Waals surface area contributed by atoms with Crippen LogP contribution in [0, 0.1) is 5.41 Å². The molecule has 4 N–H and O–H groups in total. The Morgan fingerprint density at radius 2 is 1.53 bits per heavy atom. The molecule has 4 unspecified atom stereocenters. The zero-order chi connectivity index (χ0) is 32.7. The third kappa shape index (κ3) is 18.8. The summed E-state index contributed by atoms with van der Waals surface area (Å²) in [5.74, 6) is -0.509. The van der Waals surface area contributed by atoms with E-state index in [2.05, 4.69) is 41.5 Å². The van der Waals surface area contributed by atoms with Gasteiger partial charge in [0, 0.05) is 40.5 Å². The number of ether oxygens (including phenoxy) is 3. The second-order valence-corrected chi connectivity index (χ2v) is 16.2. The summed E-state index contributed by atoms with van der Waals surface area (Å²) in [6.07, 6.45) is 2.71. The number of carbonyl (C=O) groups excluding carboxylic acids is 3. The molecule has 0 radical (unpaired) electrons. The average Bonchev–Trinajstić information content (AvgIpc) is 2.87. The first-order valence-electron chi connectivity index (χ1n) is 15.0. The number of hydrogen-bond acceptors (Lipinski definition) is 10. The van der Waals surface area contributed by atoms with Gasteiger partial charge in [-0.05, 0) is 59.3 Å². The molecule has 0 aliphatic heterocycles. The van der Waals surface area contributed by atoms with Crippen molar-refractivity contribution in [2.24, 2.45) is 5.41 Å². The molecule has 0 aromatic rings. The van der Waals surface area contributed by atoms with E-state index in [0.717, 1.165) is 12.8 Å². The maximum Gasteiger partial charge on any atom is 0.321 e. The number of carbonyl (C=O) groups is 4. The van der Waals surface area contributed by atoms with Crippen LogP contribution >= 0.6 is 23.5 Å². The molecule has 1 rings (SSSR count). The summed E-state index contributed by atoms with van der Waals surface area (Å²) in [7, 11) is 0. The van der Waals surface area contributed by atoms with Crippen LogP contribution in [0.4, 0.5) is 0 Å². The van der Waals surface area contributed by atoms with Gasteiger partial charge < -0.3 is 30.0 Å². The SMILES string of the molecule is CC(C)(C)COC(C)(C)CCC(=O)NC(CSC1CCC1SCC(NC(C)(C)C)C(=O)O)C(=O)NCCOCCOC=O. The highest BCUT2D eigenvalue weighted by Crippen LogP contribution is 2.40. The van der Waals surface area contributed by atoms with Crippen LogP contribution in [-0.4, -0.2) is 108 Å². The molecule has 1 aliphatic rings. The fourth-order valence-corrected chi connectivity index (χ4v) is 7.05. The number of aliphatic carboxylic acids is 1. The largest absolute Gasteiger partial charge is 0.480 e. The maximum atomic E-state index is 13.1. The minimum absolute atomic E-state index is 0.0144. The number of carboxylic acids is 1. The van der Waals surface area contributed by atoms with Crippen LogP contribution in [-0.2, 0) is 33.4 Å². The van der Waals surface area contributed by atoms with Crippen LogP contribution < -0.4 is 16.0 Å². The Labute approximate surface area is 266 Å². The van der Waals surface area contributed by atoms with Gasteiger partial charge in [-0.25, -0.2) is 0 Å². The van der Waals surface area contributed by atoms with Crippen molar-refractivity contribution < 1.29 is 38.5 Å². The topological polar surface area (TPSA) is 152 Å². The second-order valence-electron chi connectivity index (χ2n) is 13.7. The number of nitrogens with one attached hydrogen (secondary N) is 3. The standard InChI is InChI=1S/C30H55N3O8S2/c1-28(2,3)19-41-30(7,8)12-11-25(35)32-21(26(36)31-13-14-39-15-16-40-20-34)17-42-23-9-10-24(23)43-18-22(27(37)38)33-29(4,5)6/h20-24,33H,9-19H2,1-8H3,(H,31,36)(H,32,35)(H,37,38). The Bertz CT molecular complexity index is 876. The van der Waals surface area contributed by atoms with Crippen molar-refractivity contribution in [2.75, 3.05) is 44.5 Å². The molecule has 11 nitrogen and oxygen atoms in total. The molecule has 0 aromatic heterocycles. The summed E-state index contributed by atoms with van der Waals surface area (Å²) in [5, 5.41) is 19.1. The van der Waals surface area contributed by atoms with Crippen LogP contribution in [0.2, 0.25) is 0 Å². The Hall–Kier alpha value is -1.54. The molecular formula is C30H55N3O8S2. The molecule has 0 bridgehead atoms. The number of thioether (sulfide) groups is 2. The zero-order valence-corrected chi connectivity index (χ0v) is 28.9. The second kappa shape index (κ2) is 19.1. The number of carboxylic acid groups (broad SMARTS) is 1. The van der Waals surface area contributed by atoms with E-state index in [0.29, 0.717) is 31.0 Å². The zero-order valence-electron chi connectivity index (χ0n) is 27.3. The van der Waals surface area contributed by atoms with Gasteiger partial charge in [0.05, 0.1) is 25.4 Å². The van der Waals surface area contributed by atoms with E-state index in [1.165, 1.54) is 0 Å². The first kappa shape index (κ1) is 39.5. The molecule has 250 valence electrons. The third-order valence-corrected chi connectivity index (χ3v) is 9.68. The van der Waals surface area contributed by atoms with E-state index >= 15 is 0 Å². The van der Waals surface area contributed by atoms with Gasteiger partial charge in [-0.3, -0.25) is 24.5 Å². The van der Waals surface area contributed by atoms with Gasteiger partial charge in [0.2, 0.25) is 11.8 Å². The van der Waals surface area contributed by atoms with Crippen molar-refractivity contribution in [1.29, 1.82) is 0 Å². The molecule has 0 spiro atoms. The Morgan fingerprint density at radius 1 is 0.930 bits per heavy atom. The Morgan fingerprint density at radius 3 is 2.05 bits per heavy atom. The van der Waals surface area contributed by atoms with Crippen molar-refractivity contribution in [3.63, 3.8) is 0 Å². The van der Waals surface area contributed by atoms with Gasteiger partial charge in [-0.1, -0.05) is 20.8 Å². The summed E-state index contributed by atoms with van der Waals surface area (Å²) in [6, 6.07) is -1.37. The predicted molar refractivity (Wildman–Crippen MR) is 173 cm³/mol. The summed E-state index contributed by atoms with van der Waals surface area (Å²) in [6.45, 7) is 17.9. The van der Waals surface area contributed by atoms with Crippen molar-refractivity contribution >= 4 is 47.8 Å². The highest BCUT2D eigenvalue weighted by atomic mass is 32.2. The monoisotopic (exact) mass is 649 g/mol. The van der Waals surface area contributed by atoms with Crippen molar-refractivity contribution in [3.8, 4) is 0 Å². The quantitative estimate of drug-likeness (QED) is 0.101. The lowest BCUT2D eigenvalue weighted by atomic mass is 9.96. The lowest BCUT2D eigenvalue weighted by Gasteiger charge is -2.37. The summed E-state index contributed by atoms with van der Waals surface area (Å²) < 4.78 is 16.0. The smallest absolute Gasteiger partial charge is 0.321 e. The minimum atomic E-state index is -0.863. The highest BCUT2D eigenvalue weighted by molar-refractivity contribution is 8.04. The van der Waals surface area contributed by atoms with Crippen molar-refractivity contribution in [3.05, 3.63) is 0 Å². The van der Waals surface area contributed by atoms with Gasteiger partial charge in [0.15, 0.2) is 0 Å². The van der Waals surface area contributed by atoms with E-state index in [1.54, 1.807) is 23.5 Å². The summed E-state index contributed by atoms with van der Waals surface area (Å²) in [5.41, 5.74) is -0.771. The van der Waals surface area contributed by atoms with E-state index in [4.69, 9.17) is 9.47 Å². The lowest BCUT2D eigenvalue weighted by molar-refractivity contribution is -0.139. The molecular weight excluding hydrogens is 594 g/mol. The van der Waals surface area contributed by atoms with Gasteiger partial charge in [-0.15, -0.1) is 0 Å². The van der Waals surface area contributed by atoms with Crippen LogP contribution in [0.3, 0.4) is 0 Å². The number of amides is 2. The third-order valence-electron chi connectivity index (χ3n) is 6.47. The van der Waals surface area contributed by atoms with Gasteiger partial charge in [-0.2, -0.15) is 23.5 Å². The maximum absolute atomic E-state index is 13.1. The normalized spacial score (nSPS) is 18.7. The van der Waals surface area contributed by atoms with Gasteiger partial charge in [0.1, 0.15) is 18.7 Å². The van der Waals surface area contributed by atoms with Crippen LogP contribution in [0.25, 0.3) is 0 Å². The molecule has 13 heteroatoms. The molecule has 1 fully saturated rings. The predicted octanol–water partition coefficient (Wildman–Crippen LogP) is 3.24. The molecule has 0 saturated heterocycles. The Kier molecular flexibility index (Phi) is 17.5. The van der Waals surface area contributed by atoms with E-state index in [9.17, 15) is 24.3 Å². The van der Waals surface area contributed by atoms with Crippen LogP contribution in [0.15, 0.2) is 0 Å². The molecule has 0 heterocycles. The minimum Gasteiger partial charge on any atom is -0.480 e. The van der Waals surface area contributed by atoms with E-state index in [1.807, 2.05) is 34.6 Å². The molecule has 2 amide bonds. The fourth-order valence-electron chi connectivity index (χ4n) is 3.93. The van der Waals surface area contributed by atoms with E-state index in [-0.39, 0.29) is 66.1 Å². The summed E-state index contributed by atoms with van der Waals surface area (Å²) in [4.78, 5) is 48.0. The number of rotatable bonds is 22. The molecule has 0 aromatic carbocycles. The molecule has 1 aliphatic carbocycles. The number of hydrogen-bond donors (Lipinski definition) is 4. The first-order chi connectivity index (χ1) is 19.9. The van der Waals surface area contributed by atoms with Crippen LogP contribution in [0.1, 0.15) is 81.1 Å². The van der Waals surface area contributed by atoms with E-state index < -0.39 is 23.7 Å². The molecule has 43 heavy (non-hydrogen) atoms. The molecule has 1 saturated carbocycles. The Balaban J connectivity index is 2.69. The summed E-state index contributed by atoms with van der Waals surface area (Å²) >= 11 is 3.29. The first-order valence-corrected chi connectivity index (χ1v) is 17.1. The van der Waals surface area contributed by atoms with Crippen molar-refractivity contribution in [2.45, 2.75) is 115 Å². The van der Waals surface area contributed by atoms with Crippen molar-refractivity contribution in [1.82, 2.24) is 16.0 Å². The van der Waals surface area contributed by atoms with Crippen LogP contribution in [0.5, 0.6) is 0 Å². The average molecular weight is 650 g/mol. The van der Waals surface area contributed by atoms with Gasteiger partial charge >= 0.3 is 5.97 Å².